The van der Waals surface area contributed by atoms with Gasteiger partial charge in [-0.15, -0.1) is 10.2 Å². The average molecular weight is 177 g/mol. The van der Waals surface area contributed by atoms with Gasteiger partial charge in [0.15, 0.2) is 11.5 Å². The highest BCUT2D eigenvalue weighted by atomic mass is 16.3. The summed E-state index contributed by atoms with van der Waals surface area (Å²) >= 11 is 0. The monoisotopic (exact) mass is 177 g/mol. The van der Waals surface area contributed by atoms with Gasteiger partial charge in [0, 0.05) is 6.20 Å². The third-order valence-electron chi connectivity index (χ3n) is 1.97. The lowest BCUT2D eigenvalue weighted by molar-refractivity contribution is 0.187. The highest BCUT2D eigenvalue weighted by Crippen LogP contribution is 2.12. The second-order valence-electron chi connectivity index (χ2n) is 3.17. The Balaban J connectivity index is 2.69. The van der Waals surface area contributed by atoms with E-state index in [0.717, 1.165) is 11.2 Å². The Labute approximate surface area is 75.8 Å². The molecule has 13 heavy (non-hydrogen) atoms. The van der Waals surface area contributed by atoms with E-state index in [9.17, 15) is 5.11 Å². The summed E-state index contributed by atoms with van der Waals surface area (Å²) < 4.78 is 1.79. The maximum absolute atomic E-state index is 9.36. The van der Waals surface area contributed by atoms with Crippen molar-refractivity contribution in [2.45, 2.75) is 20.0 Å². The molecule has 1 N–H and O–H groups in total. The molecule has 0 saturated carbocycles. The zero-order valence-corrected chi connectivity index (χ0v) is 7.60. The normalized spacial score (nSPS) is 13.5. The molecule has 0 saturated heterocycles. The predicted molar refractivity (Wildman–Crippen MR) is 48.4 cm³/mol. The minimum Gasteiger partial charge on any atom is -0.385 e. The summed E-state index contributed by atoms with van der Waals surface area (Å²) in [5, 5.41) is 17.2. The van der Waals surface area contributed by atoms with E-state index >= 15 is 0 Å². The minimum atomic E-state index is -0.585. The van der Waals surface area contributed by atoms with Crippen molar-refractivity contribution in [3.05, 3.63) is 29.7 Å². The van der Waals surface area contributed by atoms with Gasteiger partial charge in [-0.05, 0) is 31.5 Å². The van der Waals surface area contributed by atoms with Crippen molar-refractivity contribution in [1.82, 2.24) is 14.6 Å². The fourth-order valence-electron chi connectivity index (χ4n) is 1.30. The summed E-state index contributed by atoms with van der Waals surface area (Å²) in [5.41, 5.74) is 1.91. The zero-order valence-electron chi connectivity index (χ0n) is 7.60. The van der Waals surface area contributed by atoms with Crippen LogP contribution >= 0.6 is 0 Å². The second kappa shape index (κ2) is 2.81. The number of hydrogen-bond donors (Lipinski definition) is 1. The van der Waals surface area contributed by atoms with Gasteiger partial charge >= 0.3 is 0 Å². The number of rotatable bonds is 1. The third kappa shape index (κ3) is 1.29. The summed E-state index contributed by atoms with van der Waals surface area (Å²) in [6, 6.07) is 3.89. The Hall–Kier alpha value is -1.42. The molecule has 0 aliphatic rings. The molecule has 4 nitrogen and oxygen atoms in total. The van der Waals surface area contributed by atoms with Gasteiger partial charge < -0.3 is 5.11 Å². The third-order valence-corrected chi connectivity index (χ3v) is 1.97. The van der Waals surface area contributed by atoms with E-state index in [-0.39, 0.29) is 0 Å². The van der Waals surface area contributed by atoms with Crippen LogP contribution in [0.25, 0.3) is 5.65 Å². The van der Waals surface area contributed by atoms with Crippen molar-refractivity contribution in [2.75, 3.05) is 0 Å². The molecule has 0 bridgehead atoms. The Morgan fingerprint density at radius 1 is 1.46 bits per heavy atom. The van der Waals surface area contributed by atoms with Gasteiger partial charge in [-0.25, -0.2) is 0 Å². The van der Waals surface area contributed by atoms with E-state index in [1.807, 2.05) is 25.3 Å². The summed E-state index contributed by atoms with van der Waals surface area (Å²) in [6.45, 7) is 3.67. The Morgan fingerprint density at radius 2 is 2.23 bits per heavy atom. The van der Waals surface area contributed by atoms with Crippen molar-refractivity contribution in [1.29, 1.82) is 0 Å². The van der Waals surface area contributed by atoms with Crippen LogP contribution in [0.2, 0.25) is 0 Å². The summed E-state index contributed by atoms with van der Waals surface area (Å²) in [5.74, 6) is 0.579. The number of fused-ring (bicyclic) bond motifs is 1. The second-order valence-corrected chi connectivity index (χ2v) is 3.17. The van der Waals surface area contributed by atoms with E-state index in [4.69, 9.17) is 0 Å². The van der Waals surface area contributed by atoms with Crippen molar-refractivity contribution < 1.29 is 5.11 Å². The van der Waals surface area contributed by atoms with Crippen LogP contribution in [0, 0.1) is 6.92 Å². The number of aryl methyl sites for hydroxylation is 1. The van der Waals surface area contributed by atoms with Gasteiger partial charge in [0.1, 0.15) is 6.10 Å². The van der Waals surface area contributed by atoms with Crippen molar-refractivity contribution in [3.8, 4) is 0 Å². The van der Waals surface area contributed by atoms with Crippen LogP contribution in [-0.4, -0.2) is 19.7 Å². The largest absolute Gasteiger partial charge is 0.385 e. The fraction of sp³-hybridized carbons (Fsp3) is 0.333. The van der Waals surface area contributed by atoms with Gasteiger partial charge in [-0.3, -0.25) is 4.40 Å². The number of nitrogens with zero attached hydrogens (tertiary/aromatic N) is 3. The van der Waals surface area contributed by atoms with Gasteiger partial charge in [0.2, 0.25) is 0 Å². The standard InChI is InChI=1S/C9H11N3O/c1-6-3-4-12-8(5-6)10-11-9(12)7(2)13/h3-5,7,13H,1-2H3. The molecule has 0 aliphatic heterocycles. The lowest BCUT2D eigenvalue weighted by Crippen LogP contribution is -1.98. The molecule has 0 aliphatic carbocycles. The smallest absolute Gasteiger partial charge is 0.166 e. The lowest BCUT2D eigenvalue weighted by atomic mass is 10.3. The molecule has 1 atom stereocenters. The molecule has 2 aromatic rings. The van der Waals surface area contributed by atoms with Crippen LogP contribution in [0.15, 0.2) is 18.3 Å². The topological polar surface area (TPSA) is 50.4 Å². The highest BCUT2D eigenvalue weighted by Gasteiger charge is 2.09. The molecule has 0 aromatic carbocycles. The lowest BCUT2D eigenvalue weighted by Gasteiger charge is -2.01. The summed E-state index contributed by atoms with van der Waals surface area (Å²) in [7, 11) is 0. The summed E-state index contributed by atoms with van der Waals surface area (Å²) in [6.07, 6.45) is 1.28. The minimum absolute atomic E-state index is 0.579. The SMILES string of the molecule is Cc1ccn2c(C(C)O)nnc2c1. The number of aromatic nitrogens is 3. The van der Waals surface area contributed by atoms with Crippen LogP contribution < -0.4 is 0 Å². The predicted octanol–water partition coefficient (Wildman–Crippen LogP) is 1.09. The first-order valence-electron chi connectivity index (χ1n) is 4.18. The maximum Gasteiger partial charge on any atom is 0.166 e. The number of hydrogen-bond acceptors (Lipinski definition) is 3. The Bertz CT molecular complexity index is 433. The first-order chi connectivity index (χ1) is 6.18. The molecule has 0 fully saturated rings. The number of pyridine rings is 1. The molecule has 2 rings (SSSR count). The fourth-order valence-corrected chi connectivity index (χ4v) is 1.30. The molecule has 2 aromatic heterocycles. The molecule has 1 unspecified atom stereocenters. The summed E-state index contributed by atoms with van der Waals surface area (Å²) in [4.78, 5) is 0. The van der Waals surface area contributed by atoms with E-state index < -0.39 is 6.10 Å². The van der Waals surface area contributed by atoms with Crippen LogP contribution in [-0.2, 0) is 0 Å². The first kappa shape index (κ1) is 8.19. The van der Waals surface area contributed by atoms with E-state index in [1.54, 1.807) is 11.3 Å². The van der Waals surface area contributed by atoms with Crippen LogP contribution in [0.5, 0.6) is 0 Å². The molecule has 0 spiro atoms. The van der Waals surface area contributed by atoms with Crippen molar-refractivity contribution in [3.63, 3.8) is 0 Å². The molecule has 68 valence electrons. The van der Waals surface area contributed by atoms with Crippen molar-refractivity contribution in [2.24, 2.45) is 0 Å². The van der Waals surface area contributed by atoms with Gasteiger partial charge in [-0.2, -0.15) is 0 Å². The van der Waals surface area contributed by atoms with Gasteiger partial charge in [0.25, 0.3) is 0 Å². The average Bonchev–Trinajstić information content (AvgIpc) is 2.46. The van der Waals surface area contributed by atoms with Crippen molar-refractivity contribution >= 4 is 5.65 Å². The van der Waals surface area contributed by atoms with Crippen LogP contribution in [0.4, 0.5) is 0 Å². The van der Waals surface area contributed by atoms with Gasteiger partial charge in [0.05, 0.1) is 0 Å². The van der Waals surface area contributed by atoms with Crippen LogP contribution in [0.3, 0.4) is 0 Å². The number of aliphatic hydroxyl groups is 1. The number of aliphatic hydroxyl groups excluding tert-OH is 1. The van der Waals surface area contributed by atoms with Gasteiger partial charge in [-0.1, -0.05) is 0 Å². The zero-order chi connectivity index (χ0) is 9.42. The molecule has 4 heteroatoms. The van der Waals surface area contributed by atoms with Crippen LogP contribution in [0.1, 0.15) is 24.4 Å². The first-order valence-corrected chi connectivity index (χ1v) is 4.18. The highest BCUT2D eigenvalue weighted by molar-refractivity contribution is 5.40. The molecular weight excluding hydrogens is 166 g/mol. The van der Waals surface area contributed by atoms with E-state index in [2.05, 4.69) is 10.2 Å². The molecule has 0 amide bonds. The Morgan fingerprint density at radius 3 is 2.92 bits per heavy atom. The quantitative estimate of drug-likeness (QED) is 0.709. The Kier molecular flexibility index (Phi) is 1.77. The van der Waals surface area contributed by atoms with E-state index in [1.165, 1.54) is 0 Å². The van der Waals surface area contributed by atoms with E-state index in [0.29, 0.717) is 5.82 Å². The molecular formula is C9H11N3O. The maximum atomic E-state index is 9.36. The molecule has 2 heterocycles. The molecule has 0 radical (unpaired) electrons.